The van der Waals surface area contributed by atoms with E-state index >= 15 is 0 Å². The second kappa shape index (κ2) is 5.86. The van der Waals surface area contributed by atoms with Crippen molar-refractivity contribution in [2.75, 3.05) is 36.3 Å². The van der Waals surface area contributed by atoms with Crippen molar-refractivity contribution in [1.82, 2.24) is 0 Å². The minimum Gasteiger partial charge on any atom is -0.486 e. The van der Waals surface area contributed by atoms with E-state index in [1.807, 2.05) is 6.26 Å². The molecule has 6 heteroatoms. The highest BCUT2D eigenvalue weighted by Gasteiger charge is 2.15. The summed E-state index contributed by atoms with van der Waals surface area (Å²) in [4.78, 5) is 11.6. The third kappa shape index (κ3) is 3.01. The quantitative estimate of drug-likeness (QED) is 0.814. The second-order valence-corrected chi connectivity index (χ2v) is 4.86. The van der Waals surface area contributed by atoms with E-state index in [1.54, 1.807) is 23.9 Å². The predicted molar refractivity (Wildman–Crippen MR) is 73.5 cm³/mol. The first-order chi connectivity index (χ1) is 8.70. The van der Waals surface area contributed by atoms with E-state index in [-0.39, 0.29) is 5.91 Å². The van der Waals surface area contributed by atoms with Crippen LogP contribution >= 0.6 is 11.8 Å². The maximum Gasteiger partial charge on any atom is 0.225 e. The number of carbonyl (C=O) groups excluding carboxylic acids is 1. The van der Waals surface area contributed by atoms with E-state index in [9.17, 15) is 4.79 Å². The Labute approximate surface area is 110 Å². The zero-order valence-electron chi connectivity index (χ0n) is 10.2. The molecule has 0 aromatic heterocycles. The molecule has 2 rings (SSSR count). The van der Waals surface area contributed by atoms with Crippen LogP contribution in [-0.2, 0) is 4.79 Å². The molecule has 3 N–H and O–H groups in total. The SMILES string of the molecule is CSCCC(=O)Nc1cc2c(cc1N)OCCO2. The molecule has 1 aromatic rings. The largest absolute Gasteiger partial charge is 0.486 e. The number of nitrogens with two attached hydrogens (primary N) is 1. The van der Waals surface area contributed by atoms with Crippen molar-refractivity contribution >= 4 is 29.0 Å². The van der Waals surface area contributed by atoms with Crippen molar-refractivity contribution in [3.05, 3.63) is 12.1 Å². The van der Waals surface area contributed by atoms with Crippen LogP contribution in [0.1, 0.15) is 6.42 Å². The third-order valence-corrected chi connectivity index (χ3v) is 3.13. The molecule has 0 atom stereocenters. The first-order valence-corrected chi connectivity index (χ1v) is 7.08. The fourth-order valence-electron chi connectivity index (χ4n) is 1.62. The van der Waals surface area contributed by atoms with Crippen LogP contribution in [0.5, 0.6) is 11.5 Å². The Bertz CT molecular complexity index is 451. The van der Waals surface area contributed by atoms with Crippen molar-refractivity contribution in [3.8, 4) is 11.5 Å². The molecule has 1 aliphatic heterocycles. The van der Waals surface area contributed by atoms with Crippen LogP contribution in [0.25, 0.3) is 0 Å². The number of fused-ring (bicyclic) bond motifs is 1. The summed E-state index contributed by atoms with van der Waals surface area (Å²) < 4.78 is 10.9. The number of benzene rings is 1. The Morgan fingerprint density at radius 1 is 1.39 bits per heavy atom. The molecular formula is C12H16N2O3S. The van der Waals surface area contributed by atoms with Gasteiger partial charge in [-0.15, -0.1) is 0 Å². The minimum atomic E-state index is -0.0484. The van der Waals surface area contributed by atoms with Gasteiger partial charge in [-0.25, -0.2) is 0 Å². The highest BCUT2D eigenvalue weighted by molar-refractivity contribution is 7.98. The number of thioether (sulfide) groups is 1. The number of hydrogen-bond acceptors (Lipinski definition) is 5. The average Bonchev–Trinajstić information content (AvgIpc) is 2.37. The Hall–Kier alpha value is -1.56. The van der Waals surface area contributed by atoms with Gasteiger partial charge < -0.3 is 20.5 Å². The van der Waals surface area contributed by atoms with E-state index in [2.05, 4.69) is 5.32 Å². The fraction of sp³-hybridized carbons (Fsp3) is 0.417. The van der Waals surface area contributed by atoms with Gasteiger partial charge in [0.15, 0.2) is 11.5 Å². The lowest BCUT2D eigenvalue weighted by molar-refractivity contribution is -0.115. The van der Waals surface area contributed by atoms with Crippen LogP contribution in [0.4, 0.5) is 11.4 Å². The number of rotatable bonds is 4. The van der Waals surface area contributed by atoms with Crippen LogP contribution in [0.15, 0.2) is 12.1 Å². The van der Waals surface area contributed by atoms with Gasteiger partial charge in [0.1, 0.15) is 13.2 Å². The van der Waals surface area contributed by atoms with Crippen LogP contribution in [0.3, 0.4) is 0 Å². The van der Waals surface area contributed by atoms with Gasteiger partial charge in [0.2, 0.25) is 5.91 Å². The summed E-state index contributed by atoms with van der Waals surface area (Å²) >= 11 is 1.63. The summed E-state index contributed by atoms with van der Waals surface area (Å²) in [6.07, 6.45) is 2.43. The molecule has 98 valence electrons. The van der Waals surface area contributed by atoms with Crippen LogP contribution in [0, 0.1) is 0 Å². The Morgan fingerprint density at radius 3 is 2.72 bits per heavy atom. The lowest BCUT2D eigenvalue weighted by Gasteiger charge is -2.20. The van der Waals surface area contributed by atoms with Crippen molar-refractivity contribution < 1.29 is 14.3 Å². The lowest BCUT2D eigenvalue weighted by Crippen LogP contribution is -2.17. The summed E-state index contributed by atoms with van der Waals surface area (Å²) in [5.74, 6) is 1.99. The first-order valence-electron chi connectivity index (χ1n) is 5.68. The van der Waals surface area contributed by atoms with E-state index in [1.165, 1.54) is 0 Å². The van der Waals surface area contributed by atoms with E-state index in [0.717, 1.165) is 5.75 Å². The topological polar surface area (TPSA) is 73.6 Å². The highest BCUT2D eigenvalue weighted by atomic mass is 32.2. The number of amides is 1. The number of nitrogens with one attached hydrogen (secondary N) is 1. The van der Waals surface area contributed by atoms with Crippen molar-refractivity contribution in [3.63, 3.8) is 0 Å². The van der Waals surface area contributed by atoms with E-state index in [4.69, 9.17) is 15.2 Å². The zero-order chi connectivity index (χ0) is 13.0. The van der Waals surface area contributed by atoms with Crippen LogP contribution in [-0.4, -0.2) is 31.1 Å². The Kier molecular flexibility index (Phi) is 4.19. The lowest BCUT2D eigenvalue weighted by atomic mass is 10.2. The van der Waals surface area contributed by atoms with Crippen molar-refractivity contribution in [2.45, 2.75) is 6.42 Å². The van der Waals surface area contributed by atoms with Gasteiger partial charge in [-0.3, -0.25) is 4.79 Å². The number of nitrogen functional groups attached to an aromatic ring is 1. The van der Waals surface area contributed by atoms with E-state index in [0.29, 0.717) is 42.5 Å². The number of anilines is 2. The highest BCUT2D eigenvalue weighted by Crippen LogP contribution is 2.36. The predicted octanol–water partition coefficient (Wildman–Crippen LogP) is 1.73. The molecule has 0 bridgehead atoms. The van der Waals surface area contributed by atoms with Gasteiger partial charge in [-0.1, -0.05) is 0 Å². The molecule has 1 amide bonds. The molecule has 1 aliphatic rings. The van der Waals surface area contributed by atoms with Crippen LogP contribution < -0.4 is 20.5 Å². The maximum atomic E-state index is 11.6. The Morgan fingerprint density at radius 2 is 2.06 bits per heavy atom. The van der Waals surface area contributed by atoms with Gasteiger partial charge in [0.05, 0.1) is 11.4 Å². The summed E-state index contributed by atoms with van der Waals surface area (Å²) in [5, 5.41) is 2.78. The molecular weight excluding hydrogens is 252 g/mol. The molecule has 0 aliphatic carbocycles. The molecule has 0 fully saturated rings. The molecule has 18 heavy (non-hydrogen) atoms. The molecule has 0 saturated heterocycles. The normalized spacial score (nSPS) is 13.2. The summed E-state index contributed by atoms with van der Waals surface area (Å²) in [6, 6.07) is 3.39. The maximum absolute atomic E-state index is 11.6. The Balaban J connectivity index is 2.10. The van der Waals surface area contributed by atoms with Crippen molar-refractivity contribution in [1.29, 1.82) is 0 Å². The van der Waals surface area contributed by atoms with Gasteiger partial charge in [-0.2, -0.15) is 11.8 Å². The average molecular weight is 268 g/mol. The summed E-state index contributed by atoms with van der Waals surface area (Å²) in [7, 11) is 0. The van der Waals surface area contributed by atoms with Gasteiger partial charge in [-0.05, 0) is 6.26 Å². The van der Waals surface area contributed by atoms with Crippen molar-refractivity contribution in [2.24, 2.45) is 0 Å². The fourth-order valence-corrected chi connectivity index (χ4v) is 2.01. The zero-order valence-corrected chi connectivity index (χ0v) is 11.0. The minimum absolute atomic E-state index is 0.0484. The van der Waals surface area contributed by atoms with E-state index < -0.39 is 0 Å². The molecule has 1 heterocycles. The molecule has 0 spiro atoms. The number of carbonyl (C=O) groups is 1. The summed E-state index contributed by atoms with van der Waals surface area (Å²) in [5.41, 5.74) is 6.92. The molecule has 1 aromatic carbocycles. The van der Waals surface area contributed by atoms with Gasteiger partial charge in [0.25, 0.3) is 0 Å². The summed E-state index contributed by atoms with van der Waals surface area (Å²) in [6.45, 7) is 1.03. The van der Waals surface area contributed by atoms with Gasteiger partial charge >= 0.3 is 0 Å². The monoisotopic (exact) mass is 268 g/mol. The van der Waals surface area contributed by atoms with Gasteiger partial charge in [0, 0.05) is 24.3 Å². The molecule has 5 nitrogen and oxygen atoms in total. The standard InChI is InChI=1S/C12H16N2O3S/c1-18-5-2-12(15)14-9-7-11-10(6-8(9)13)16-3-4-17-11/h6-7H,2-5,13H2,1H3,(H,14,15). The molecule has 0 saturated carbocycles. The number of hydrogen-bond donors (Lipinski definition) is 2. The first kappa shape index (κ1) is 12.9. The van der Waals surface area contributed by atoms with Crippen LogP contribution in [0.2, 0.25) is 0 Å². The molecule has 0 radical (unpaired) electrons. The third-order valence-electron chi connectivity index (χ3n) is 2.52. The smallest absolute Gasteiger partial charge is 0.225 e. The number of ether oxygens (including phenoxy) is 2. The second-order valence-electron chi connectivity index (χ2n) is 3.87. The molecule has 0 unspecified atom stereocenters.